The van der Waals surface area contributed by atoms with Gasteiger partial charge in [0.15, 0.2) is 0 Å². The van der Waals surface area contributed by atoms with Crippen molar-refractivity contribution in [3.63, 3.8) is 0 Å². The molecule has 2 unspecified atom stereocenters. The second kappa shape index (κ2) is 15.8. The number of nitrogens with one attached hydrogen (secondary N) is 1. The van der Waals surface area contributed by atoms with Crippen LogP contribution in [0.3, 0.4) is 0 Å². The molecule has 0 amide bonds. The maximum absolute atomic E-state index is 9.34. The summed E-state index contributed by atoms with van der Waals surface area (Å²) in [6.07, 6.45) is 21.2. The highest BCUT2D eigenvalue weighted by molar-refractivity contribution is 4.84. The minimum absolute atomic E-state index is 0.283. The average molecular weight is 353 g/mol. The summed E-state index contributed by atoms with van der Waals surface area (Å²) in [5.74, 6) is 0.752. The molecule has 3 nitrogen and oxygen atoms in total. The Hall–Kier alpha value is -0.380. The van der Waals surface area contributed by atoms with E-state index in [-0.39, 0.29) is 6.61 Å². The minimum Gasteiger partial charge on any atom is -0.395 e. The first-order chi connectivity index (χ1) is 12.3. The number of β-amino-alcohol motifs (C(OH)–C–C–N with tert-alkyl or cyclic N) is 1. The van der Waals surface area contributed by atoms with Crippen LogP contribution in [0.15, 0.2) is 12.2 Å². The van der Waals surface area contributed by atoms with Crippen LogP contribution < -0.4 is 5.32 Å². The van der Waals surface area contributed by atoms with Crippen LogP contribution in [0.5, 0.6) is 0 Å². The Morgan fingerprint density at radius 3 is 2.40 bits per heavy atom. The lowest BCUT2D eigenvalue weighted by Gasteiger charge is -2.31. The number of nitrogens with zero attached hydrogens (tertiary/aromatic N) is 1. The second-order valence-corrected chi connectivity index (χ2v) is 7.68. The molecule has 0 aromatic heterocycles. The van der Waals surface area contributed by atoms with Gasteiger partial charge in [-0.15, -0.1) is 0 Å². The summed E-state index contributed by atoms with van der Waals surface area (Å²) in [5, 5.41) is 13.1. The van der Waals surface area contributed by atoms with E-state index >= 15 is 0 Å². The van der Waals surface area contributed by atoms with Crippen LogP contribution in [0, 0.1) is 5.92 Å². The summed E-state index contributed by atoms with van der Waals surface area (Å²) in [6.45, 7) is 7.68. The topological polar surface area (TPSA) is 35.5 Å². The Morgan fingerprint density at radius 1 is 1.04 bits per heavy atom. The van der Waals surface area contributed by atoms with Crippen LogP contribution in [0.2, 0.25) is 0 Å². The largest absolute Gasteiger partial charge is 0.395 e. The molecule has 3 heteroatoms. The molecule has 148 valence electrons. The summed E-state index contributed by atoms with van der Waals surface area (Å²) in [7, 11) is 0. The molecule has 25 heavy (non-hydrogen) atoms. The molecule has 2 atom stereocenters. The number of aliphatic hydroxyl groups is 1. The molecule has 1 rings (SSSR count). The van der Waals surface area contributed by atoms with Crippen molar-refractivity contribution < 1.29 is 5.11 Å². The zero-order chi connectivity index (χ0) is 18.2. The maximum atomic E-state index is 9.34. The highest BCUT2D eigenvalue weighted by Crippen LogP contribution is 2.25. The fraction of sp³-hybridized carbons (Fsp3) is 0.909. The van der Waals surface area contributed by atoms with Crippen LogP contribution in [0.4, 0.5) is 0 Å². The van der Waals surface area contributed by atoms with Crippen molar-refractivity contribution >= 4 is 0 Å². The fourth-order valence-corrected chi connectivity index (χ4v) is 4.13. The number of allylic oxidation sites excluding steroid dienone is 2. The minimum atomic E-state index is 0.283. The van der Waals surface area contributed by atoms with E-state index in [4.69, 9.17) is 0 Å². The smallest absolute Gasteiger partial charge is 0.0627 e. The van der Waals surface area contributed by atoms with Gasteiger partial charge in [-0.2, -0.15) is 0 Å². The summed E-state index contributed by atoms with van der Waals surface area (Å²) < 4.78 is 0. The summed E-state index contributed by atoms with van der Waals surface area (Å²) in [5.41, 5.74) is 0. The first-order valence-corrected chi connectivity index (χ1v) is 11.0. The lowest BCUT2D eigenvalue weighted by molar-refractivity contribution is 0.127. The third kappa shape index (κ3) is 10.4. The van der Waals surface area contributed by atoms with E-state index in [9.17, 15) is 5.11 Å². The molecule has 0 aliphatic carbocycles. The van der Waals surface area contributed by atoms with Crippen molar-refractivity contribution in [3.8, 4) is 0 Å². The van der Waals surface area contributed by atoms with E-state index in [0.717, 1.165) is 25.6 Å². The van der Waals surface area contributed by atoms with Gasteiger partial charge >= 0.3 is 0 Å². The Labute approximate surface area is 157 Å². The van der Waals surface area contributed by atoms with Crippen molar-refractivity contribution in [2.75, 3.05) is 26.2 Å². The van der Waals surface area contributed by atoms with Crippen LogP contribution in [-0.4, -0.2) is 42.4 Å². The van der Waals surface area contributed by atoms with Crippen LogP contribution >= 0.6 is 0 Å². The molecule has 0 spiro atoms. The van der Waals surface area contributed by atoms with E-state index in [1.807, 2.05) is 0 Å². The van der Waals surface area contributed by atoms with E-state index in [0.29, 0.717) is 6.17 Å². The average Bonchev–Trinajstić information content (AvgIpc) is 3.07. The highest BCUT2D eigenvalue weighted by Gasteiger charge is 2.30. The zero-order valence-corrected chi connectivity index (χ0v) is 17.0. The lowest BCUT2D eigenvalue weighted by atomic mass is 9.91. The normalized spacial score (nSPS) is 19.9. The molecular weight excluding hydrogens is 308 g/mol. The van der Waals surface area contributed by atoms with Gasteiger partial charge in [-0.25, -0.2) is 0 Å². The first-order valence-electron chi connectivity index (χ1n) is 11.0. The lowest BCUT2D eigenvalue weighted by Crippen LogP contribution is -2.43. The second-order valence-electron chi connectivity index (χ2n) is 7.68. The van der Waals surface area contributed by atoms with Crippen LogP contribution in [0.1, 0.15) is 90.9 Å². The van der Waals surface area contributed by atoms with Gasteiger partial charge in [0.2, 0.25) is 0 Å². The predicted octanol–water partition coefficient (Wildman–Crippen LogP) is 5.10. The summed E-state index contributed by atoms with van der Waals surface area (Å²) >= 11 is 0. The molecule has 1 aliphatic rings. The number of hydrogen-bond donors (Lipinski definition) is 2. The van der Waals surface area contributed by atoms with E-state index in [1.54, 1.807) is 0 Å². The summed E-state index contributed by atoms with van der Waals surface area (Å²) in [6, 6.07) is 0. The Balaban J connectivity index is 2.35. The Morgan fingerprint density at radius 2 is 1.72 bits per heavy atom. The molecule has 2 N–H and O–H groups in total. The number of aliphatic hydroxyl groups excluding tert-OH is 1. The van der Waals surface area contributed by atoms with Crippen LogP contribution in [-0.2, 0) is 0 Å². The predicted molar refractivity (Wildman–Crippen MR) is 110 cm³/mol. The molecule has 0 radical (unpaired) electrons. The van der Waals surface area contributed by atoms with Gasteiger partial charge in [0.25, 0.3) is 0 Å². The van der Waals surface area contributed by atoms with E-state index in [1.165, 1.54) is 77.0 Å². The SMILES string of the molecule is CC=CCCCCCC(CCCCCCCC)C1NCCN1CCO. The highest BCUT2D eigenvalue weighted by atomic mass is 16.3. The Kier molecular flexibility index (Phi) is 14.4. The van der Waals surface area contributed by atoms with Crippen molar-refractivity contribution in [1.29, 1.82) is 0 Å². The van der Waals surface area contributed by atoms with Crippen molar-refractivity contribution in [2.45, 2.75) is 97.1 Å². The zero-order valence-electron chi connectivity index (χ0n) is 17.0. The number of unbranched alkanes of at least 4 members (excludes halogenated alkanes) is 8. The van der Waals surface area contributed by atoms with Gasteiger partial charge < -0.3 is 10.4 Å². The van der Waals surface area contributed by atoms with Crippen molar-refractivity contribution in [2.24, 2.45) is 5.92 Å². The Bertz CT molecular complexity index is 319. The fourth-order valence-electron chi connectivity index (χ4n) is 4.13. The van der Waals surface area contributed by atoms with E-state index < -0.39 is 0 Å². The molecule has 1 saturated heterocycles. The monoisotopic (exact) mass is 352 g/mol. The quantitative estimate of drug-likeness (QED) is 0.299. The third-order valence-corrected chi connectivity index (χ3v) is 5.59. The van der Waals surface area contributed by atoms with Gasteiger partial charge in [-0.1, -0.05) is 70.4 Å². The molecule has 0 bridgehead atoms. The van der Waals surface area contributed by atoms with Gasteiger partial charge in [0, 0.05) is 19.6 Å². The molecule has 0 saturated carbocycles. The standard InChI is InChI=1S/C22H44N2O/c1-3-5-7-9-11-13-15-21(16-14-12-10-8-6-4-2)22-23-17-18-24(22)19-20-25/h3,5,21-23,25H,4,6-20H2,1-2H3. The van der Waals surface area contributed by atoms with Crippen molar-refractivity contribution in [1.82, 2.24) is 10.2 Å². The van der Waals surface area contributed by atoms with Crippen LogP contribution in [0.25, 0.3) is 0 Å². The maximum Gasteiger partial charge on any atom is 0.0627 e. The first kappa shape index (κ1) is 22.7. The molecule has 1 fully saturated rings. The van der Waals surface area contributed by atoms with Crippen molar-refractivity contribution in [3.05, 3.63) is 12.2 Å². The van der Waals surface area contributed by atoms with Gasteiger partial charge in [0.05, 0.1) is 12.8 Å². The molecule has 1 aliphatic heterocycles. The molecular formula is C22H44N2O. The molecule has 0 aromatic rings. The van der Waals surface area contributed by atoms with E-state index in [2.05, 4.69) is 36.2 Å². The third-order valence-electron chi connectivity index (χ3n) is 5.59. The number of hydrogen-bond acceptors (Lipinski definition) is 3. The van der Waals surface area contributed by atoms with Gasteiger partial charge in [-0.05, 0) is 38.5 Å². The number of rotatable bonds is 16. The van der Waals surface area contributed by atoms with Gasteiger partial charge in [-0.3, -0.25) is 4.90 Å². The molecule has 1 heterocycles. The molecule has 0 aromatic carbocycles. The van der Waals surface area contributed by atoms with Gasteiger partial charge in [0.1, 0.15) is 0 Å². The summed E-state index contributed by atoms with van der Waals surface area (Å²) in [4.78, 5) is 2.47.